The van der Waals surface area contributed by atoms with Gasteiger partial charge in [-0.25, -0.2) is 4.79 Å². The highest BCUT2D eigenvalue weighted by Gasteiger charge is 2.45. The Bertz CT molecular complexity index is 326. The van der Waals surface area contributed by atoms with E-state index in [-0.39, 0.29) is 6.09 Å². The fourth-order valence-electron chi connectivity index (χ4n) is 3.25. The second-order valence-electron chi connectivity index (χ2n) is 6.92. The second-order valence-corrected chi connectivity index (χ2v) is 7.22. The van der Waals surface area contributed by atoms with Crippen molar-refractivity contribution in [1.29, 1.82) is 0 Å². The molecule has 2 atom stereocenters. The van der Waals surface area contributed by atoms with Gasteiger partial charge in [-0.05, 0) is 57.8 Å². The number of halogens is 1. The number of carbonyl (C=O) groups is 1. The van der Waals surface area contributed by atoms with Crippen LogP contribution in [0.4, 0.5) is 4.79 Å². The summed E-state index contributed by atoms with van der Waals surface area (Å²) < 4.78 is 5.44. The van der Waals surface area contributed by atoms with Crippen LogP contribution < -0.4 is 0 Å². The van der Waals surface area contributed by atoms with Crippen molar-refractivity contribution in [1.82, 2.24) is 4.90 Å². The molecular formula is C14H24ClNO2. The van der Waals surface area contributed by atoms with Crippen LogP contribution in [-0.4, -0.2) is 35.6 Å². The number of rotatable bonds is 1. The molecule has 1 saturated heterocycles. The van der Waals surface area contributed by atoms with Crippen LogP contribution in [0.3, 0.4) is 0 Å². The number of hydrogen-bond donors (Lipinski definition) is 0. The standard InChI is InChI=1S/C14H24ClNO2/c1-13(2,3)18-12(17)16-7-6-14(10-16)5-4-11(8-14)9-15/h11H,4-10H2,1-3H3. The van der Waals surface area contributed by atoms with Gasteiger partial charge in [-0.2, -0.15) is 0 Å². The molecule has 1 aliphatic heterocycles. The fraction of sp³-hybridized carbons (Fsp3) is 0.929. The van der Waals surface area contributed by atoms with Crippen molar-refractivity contribution in [3.8, 4) is 0 Å². The van der Waals surface area contributed by atoms with Crippen LogP contribution in [-0.2, 0) is 4.74 Å². The van der Waals surface area contributed by atoms with Gasteiger partial charge in [0.1, 0.15) is 5.60 Å². The third kappa shape index (κ3) is 3.11. The molecule has 104 valence electrons. The predicted octanol–water partition coefficient (Wildman–Crippen LogP) is 3.65. The van der Waals surface area contributed by atoms with Crippen LogP contribution in [0.2, 0.25) is 0 Å². The number of nitrogens with zero attached hydrogens (tertiary/aromatic N) is 1. The number of amides is 1. The molecule has 2 unspecified atom stereocenters. The SMILES string of the molecule is CC(C)(C)OC(=O)N1CCC2(CCC(CCl)C2)C1. The van der Waals surface area contributed by atoms with Crippen LogP contribution >= 0.6 is 11.6 Å². The van der Waals surface area contributed by atoms with Crippen molar-refractivity contribution in [2.45, 2.75) is 52.1 Å². The zero-order chi connectivity index (χ0) is 13.4. The summed E-state index contributed by atoms with van der Waals surface area (Å²) in [6, 6.07) is 0. The molecule has 2 fully saturated rings. The Kier molecular flexibility index (Phi) is 3.82. The molecule has 1 amide bonds. The average molecular weight is 274 g/mol. The Morgan fingerprint density at radius 3 is 2.72 bits per heavy atom. The smallest absolute Gasteiger partial charge is 0.410 e. The minimum Gasteiger partial charge on any atom is -0.444 e. The summed E-state index contributed by atoms with van der Waals surface area (Å²) in [7, 11) is 0. The number of hydrogen-bond acceptors (Lipinski definition) is 2. The predicted molar refractivity (Wildman–Crippen MR) is 72.9 cm³/mol. The zero-order valence-corrected chi connectivity index (χ0v) is 12.4. The molecule has 1 aliphatic carbocycles. The van der Waals surface area contributed by atoms with E-state index >= 15 is 0 Å². The van der Waals surface area contributed by atoms with Crippen molar-refractivity contribution >= 4 is 17.7 Å². The number of ether oxygens (including phenoxy) is 1. The maximum absolute atomic E-state index is 12.0. The lowest BCUT2D eigenvalue weighted by Crippen LogP contribution is -2.36. The Morgan fingerprint density at radius 1 is 1.44 bits per heavy atom. The minimum atomic E-state index is -0.402. The summed E-state index contributed by atoms with van der Waals surface area (Å²) in [5.74, 6) is 1.40. The molecule has 18 heavy (non-hydrogen) atoms. The highest BCUT2D eigenvalue weighted by molar-refractivity contribution is 6.18. The molecule has 0 aromatic rings. The van der Waals surface area contributed by atoms with Gasteiger partial charge < -0.3 is 9.64 Å². The van der Waals surface area contributed by atoms with E-state index in [1.165, 1.54) is 19.3 Å². The van der Waals surface area contributed by atoms with Crippen LogP contribution in [0, 0.1) is 11.3 Å². The van der Waals surface area contributed by atoms with Gasteiger partial charge in [0, 0.05) is 19.0 Å². The molecule has 0 N–H and O–H groups in total. The van der Waals surface area contributed by atoms with Crippen LogP contribution in [0.5, 0.6) is 0 Å². The van der Waals surface area contributed by atoms with Gasteiger partial charge in [-0.3, -0.25) is 0 Å². The summed E-state index contributed by atoms with van der Waals surface area (Å²) in [6.45, 7) is 7.43. The lowest BCUT2D eigenvalue weighted by Gasteiger charge is -2.27. The van der Waals surface area contributed by atoms with E-state index in [0.29, 0.717) is 11.3 Å². The summed E-state index contributed by atoms with van der Waals surface area (Å²) in [5.41, 5.74) is -0.0718. The van der Waals surface area contributed by atoms with E-state index in [9.17, 15) is 4.79 Å². The summed E-state index contributed by atoms with van der Waals surface area (Å²) in [5, 5.41) is 0. The molecule has 3 nitrogen and oxygen atoms in total. The second kappa shape index (κ2) is 4.92. The topological polar surface area (TPSA) is 29.5 Å². The first-order chi connectivity index (χ1) is 8.34. The molecule has 1 saturated carbocycles. The molecule has 0 radical (unpaired) electrons. The van der Waals surface area contributed by atoms with Crippen molar-refractivity contribution in [3.05, 3.63) is 0 Å². The van der Waals surface area contributed by atoms with Gasteiger partial charge in [0.25, 0.3) is 0 Å². The van der Waals surface area contributed by atoms with Gasteiger partial charge in [-0.15, -0.1) is 11.6 Å². The largest absolute Gasteiger partial charge is 0.444 e. The van der Waals surface area contributed by atoms with Gasteiger partial charge in [-0.1, -0.05) is 0 Å². The van der Waals surface area contributed by atoms with Gasteiger partial charge in [0.05, 0.1) is 0 Å². The summed E-state index contributed by atoms with van der Waals surface area (Å²) >= 11 is 5.95. The highest BCUT2D eigenvalue weighted by Crippen LogP contribution is 2.48. The third-order valence-electron chi connectivity index (χ3n) is 4.11. The minimum absolute atomic E-state index is 0.159. The molecule has 0 aromatic heterocycles. The first kappa shape index (κ1) is 14.0. The van der Waals surface area contributed by atoms with E-state index in [1.807, 2.05) is 25.7 Å². The molecule has 0 aromatic carbocycles. The molecule has 1 heterocycles. The Hall–Kier alpha value is -0.440. The molecule has 2 aliphatic rings. The van der Waals surface area contributed by atoms with E-state index in [2.05, 4.69) is 0 Å². The first-order valence-electron chi connectivity index (χ1n) is 6.87. The van der Waals surface area contributed by atoms with E-state index in [1.54, 1.807) is 0 Å². The van der Waals surface area contributed by atoms with Gasteiger partial charge in [0.15, 0.2) is 0 Å². The van der Waals surface area contributed by atoms with Crippen LogP contribution in [0.1, 0.15) is 46.5 Å². The van der Waals surface area contributed by atoms with Crippen LogP contribution in [0.25, 0.3) is 0 Å². The number of carbonyl (C=O) groups excluding carboxylic acids is 1. The maximum atomic E-state index is 12.0. The van der Waals surface area contributed by atoms with Crippen molar-refractivity contribution < 1.29 is 9.53 Å². The monoisotopic (exact) mass is 273 g/mol. The fourth-order valence-corrected chi connectivity index (χ4v) is 3.51. The summed E-state index contributed by atoms with van der Waals surface area (Å²) in [4.78, 5) is 13.9. The van der Waals surface area contributed by atoms with E-state index < -0.39 is 5.60 Å². The van der Waals surface area contributed by atoms with Crippen molar-refractivity contribution in [3.63, 3.8) is 0 Å². The molecular weight excluding hydrogens is 250 g/mol. The first-order valence-corrected chi connectivity index (χ1v) is 7.41. The molecule has 0 bridgehead atoms. The number of alkyl halides is 1. The molecule has 4 heteroatoms. The van der Waals surface area contributed by atoms with Crippen molar-refractivity contribution in [2.75, 3.05) is 19.0 Å². The zero-order valence-electron chi connectivity index (χ0n) is 11.7. The lowest BCUT2D eigenvalue weighted by molar-refractivity contribution is 0.0273. The van der Waals surface area contributed by atoms with E-state index in [0.717, 1.165) is 25.4 Å². The maximum Gasteiger partial charge on any atom is 0.410 e. The Morgan fingerprint density at radius 2 is 2.17 bits per heavy atom. The quantitative estimate of drug-likeness (QED) is 0.683. The molecule has 1 spiro atoms. The highest BCUT2D eigenvalue weighted by atomic mass is 35.5. The Balaban J connectivity index is 1.91. The lowest BCUT2D eigenvalue weighted by atomic mass is 9.85. The summed E-state index contributed by atoms with van der Waals surface area (Å²) in [6.07, 6.45) is 4.55. The van der Waals surface area contributed by atoms with Gasteiger partial charge >= 0.3 is 6.09 Å². The molecule has 2 rings (SSSR count). The van der Waals surface area contributed by atoms with Gasteiger partial charge in [0.2, 0.25) is 0 Å². The average Bonchev–Trinajstić information content (AvgIpc) is 2.84. The number of likely N-dealkylation sites (tertiary alicyclic amines) is 1. The van der Waals surface area contributed by atoms with Crippen LogP contribution in [0.15, 0.2) is 0 Å². The third-order valence-corrected chi connectivity index (χ3v) is 4.55. The normalized spacial score (nSPS) is 32.2. The van der Waals surface area contributed by atoms with E-state index in [4.69, 9.17) is 16.3 Å². The van der Waals surface area contributed by atoms with Crippen molar-refractivity contribution in [2.24, 2.45) is 11.3 Å². The Labute approximate surface area is 115 Å².